The molecule has 0 fully saturated rings. The highest BCUT2D eigenvalue weighted by atomic mass is 35.5. The minimum atomic E-state index is 0.0544. The topological polar surface area (TPSA) is 29.1 Å². The summed E-state index contributed by atoms with van der Waals surface area (Å²) in [6, 6.07) is 13.6. The molecule has 2 nitrogen and oxygen atoms in total. The molecule has 2 aromatic carbocycles. The van der Waals surface area contributed by atoms with Crippen LogP contribution in [-0.4, -0.2) is 12.5 Å². The number of halogens is 2. The minimum Gasteiger partial charge on any atom is -0.356 e. The van der Waals surface area contributed by atoms with Crippen molar-refractivity contribution in [1.29, 1.82) is 0 Å². The molecule has 2 rings (SSSR count). The summed E-state index contributed by atoms with van der Waals surface area (Å²) in [6.45, 7) is 2.59. The fourth-order valence-corrected chi connectivity index (χ4v) is 2.59. The van der Waals surface area contributed by atoms with Crippen LogP contribution in [0.4, 0.5) is 0 Å². The summed E-state index contributed by atoms with van der Waals surface area (Å²) < 4.78 is 0. The van der Waals surface area contributed by atoms with Gasteiger partial charge in [0, 0.05) is 23.0 Å². The van der Waals surface area contributed by atoms with Crippen LogP contribution in [0.3, 0.4) is 0 Å². The van der Waals surface area contributed by atoms with Gasteiger partial charge in [-0.25, -0.2) is 0 Å². The van der Waals surface area contributed by atoms with Crippen molar-refractivity contribution in [3.05, 3.63) is 69.2 Å². The van der Waals surface area contributed by atoms with E-state index < -0.39 is 0 Å². The summed E-state index contributed by atoms with van der Waals surface area (Å²) in [5.41, 5.74) is 3.26. The summed E-state index contributed by atoms with van der Waals surface area (Å²) in [4.78, 5) is 11.9. The second-order valence-corrected chi connectivity index (χ2v) is 6.16. The van der Waals surface area contributed by atoms with E-state index in [0.29, 0.717) is 19.4 Å². The molecule has 0 aliphatic carbocycles. The van der Waals surface area contributed by atoms with Gasteiger partial charge in [0.2, 0.25) is 5.91 Å². The van der Waals surface area contributed by atoms with Crippen LogP contribution in [0.15, 0.2) is 42.5 Å². The molecule has 0 aromatic heterocycles. The molecule has 4 heteroatoms. The Labute approximate surface area is 141 Å². The van der Waals surface area contributed by atoms with Gasteiger partial charge in [0.25, 0.3) is 0 Å². The third-order valence-corrected chi connectivity index (χ3v) is 4.14. The van der Waals surface area contributed by atoms with E-state index in [-0.39, 0.29) is 5.91 Å². The predicted molar refractivity (Wildman–Crippen MR) is 92.7 cm³/mol. The van der Waals surface area contributed by atoms with Gasteiger partial charge in [-0.15, -0.1) is 0 Å². The van der Waals surface area contributed by atoms with Gasteiger partial charge < -0.3 is 5.32 Å². The molecular weight excluding hydrogens is 317 g/mol. The van der Waals surface area contributed by atoms with E-state index in [4.69, 9.17) is 23.2 Å². The Morgan fingerprint density at radius 3 is 2.55 bits per heavy atom. The molecule has 0 unspecified atom stereocenters. The zero-order chi connectivity index (χ0) is 15.9. The van der Waals surface area contributed by atoms with E-state index in [9.17, 15) is 4.79 Å². The van der Waals surface area contributed by atoms with Gasteiger partial charge in [-0.2, -0.15) is 0 Å². The van der Waals surface area contributed by atoms with Crippen LogP contribution in [0.2, 0.25) is 10.0 Å². The van der Waals surface area contributed by atoms with Gasteiger partial charge in [-0.05, 0) is 54.7 Å². The summed E-state index contributed by atoms with van der Waals surface area (Å²) >= 11 is 12.0. The molecular formula is C18H19Cl2NO. The molecule has 0 bridgehead atoms. The van der Waals surface area contributed by atoms with Crippen LogP contribution < -0.4 is 5.32 Å². The molecule has 0 aliphatic heterocycles. The van der Waals surface area contributed by atoms with Crippen LogP contribution >= 0.6 is 23.2 Å². The number of amides is 1. The van der Waals surface area contributed by atoms with Crippen molar-refractivity contribution in [3.8, 4) is 0 Å². The molecule has 0 radical (unpaired) electrons. The zero-order valence-electron chi connectivity index (χ0n) is 12.5. The van der Waals surface area contributed by atoms with Gasteiger partial charge >= 0.3 is 0 Å². The Balaban J connectivity index is 1.72. The van der Waals surface area contributed by atoms with Crippen molar-refractivity contribution in [2.24, 2.45) is 0 Å². The van der Waals surface area contributed by atoms with E-state index in [0.717, 1.165) is 33.2 Å². The largest absolute Gasteiger partial charge is 0.356 e. The van der Waals surface area contributed by atoms with Crippen molar-refractivity contribution in [2.45, 2.75) is 26.2 Å². The third kappa shape index (κ3) is 5.36. The Bertz CT molecular complexity index is 655. The Kier molecular flexibility index (Phi) is 6.29. The number of aryl methyl sites for hydroxylation is 2. The Hall–Kier alpha value is -1.51. The van der Waals surface area contributed by atoms with Crippen molar-refractivity contribution >= 4 is 29.1 Å². The molecule has 22 heavy (non-hydrogen) atoms. The number of benzene rings is 2. The summed E-state index contributed by atoms with van der Waals surface area (Å²) in [5.74, 6) is 0.0544. The Morgan fingerprint density at radius 2 is 1.82 bits per heavy atom. The van der Waals surface area contributed by atoms with Crippen LogP contribution in [-0.2, 0) is 17.6 Å². The van der Waals surface area contributed by atoms with E-state index in [1.54, 1.807) is 0 Å². The fourth-order valence-electron chi connectivity index (χ4n) is 2.18. The summed E-state index contributed by atoms with van der Waals surface area (Å²) in [5, 5.41) is 4.40. The van der Waals surface area contributed by atoms with Gasteiger partial charge in [0.05, 0.1) is 0 Å². The third-order valence-electron chi connectivity index (χ3n) is 3.50. The smallest absolute Gasteiger partial charge is 0.220 e. The predicted octanol–water partition coefficient (Wildman–Crippen LogP) is 4.59. The molecule has 1 N–H and O–H groups in total. The highest BCUT2D eigenvalue weighted by Gasteiger charge is 2.04. The van der Waals surface area contributed by atoms with Gasteiger partial charge in [-0.3, -0.25) is 4.79 Å². The van der Waals surface area contributed by atoms with Crippen LogP contribution in [0.5, 0.6) is 0 Å². The number of nitrogens with one attached hydrogen (secondary N) is 1. The maximum atomic E-state index is 11.9. The Morgan fingerprint density at radius 1 is 1.05 bits per heavy atom. The number of hydrogen-bond acceptors (Lipinski definition) is 1. The van der Waals surface area contributed by atoms with E-state index in [1.807, 2.05) is 49.4 Å². The summed E-state index contributed by atoms with van der Waals surface area (Å²) in [6.07, 6.45) is 1.95. The van der Waals surface area contributed by atoms with E-state index in [2.05, 4.69) is 5.32 Å². The highest BCUT2D eigenvalue weighted by molar-refractivity contribution is 6.31. The first-order valence-corrected chi connectivity index (χ1v) is 8.06. The molecule has 0 aliphatic rings. The lowest BCUT2D eigenvalue weighted by Gasteiger charge is -2.07. The zero-order valence-corrected chi connectivity index (χ0v) is 14.0. The van der Waals surface area contributed by atoms with Gasteiger partial charge in [0.1, 0.15) is 0 Å². The van der Waals surface area contributed by atoms with E-state index in [1.165, 1.54) is 0 Å². The van der Waals surface area contributed by atoms with Crippen molar-refractivity contribution in [2.75, 3.05) is 6.54 Å². The maximum absolute atomic E-state index is 11.9. The van der Waals surface area contributed by atoms with Gasteiger partial charge in [-0.1, -0.05) is 47.5 Å². The molecule has 0 spiro atoms. The quantitative estimate of drug-likeness (QED) is 0.821. The number of carbonyl (C=O) groups excluding carboxylic acids is 1. The lowest BCUT2D eigenvalue weighted by atomic mass is 10.1. The van der Waals surface area contributed by atoms with Crippen molar-refractivity contribution < 1.29 is 4.79 Å². The average molecular weight is 336 g/mol. The van der Waals surface area contributed by atoms with Crippen LogP contribution in [0.25, 0.3) is 0 Å². The van der Waals surface area contributed by atoms with Crippen LogP contribution in [0, 0.1) is 6.92 Å². The first kappa shape index (κ1) is 16.9. The summed E-state index contributed by atoms with van der Waals surface area (Å²) in [7, 11) is 0. The standard InChI is InChI=1S/C18H19Cl2NO/c1-13-5-6-15(12-17(13)20)7-8-18(22)21-10-9-14-3-2-4-16(19)11-14/h2-6,11-12H,7-10H2,1H3,(H,21,22). The molecule has 2 aromatic rings. The monoisotopic (exact) mass is 335 g/mol. The second kappa shape index (κ2) is 8.21. The minimum absolute atomic E-state index is 0.0544. The van der Waals surface area contributed by atoms with Crippen molar-refractivity contribution in [1.82, 2.24) is 5.32 Å². The lowest BCUT2D eigenvalue weighted by Crippen LogP contribution is -2.25. The second-order valence-electron chi connectivity index (χ2n) is 5.31. The number of rotatable bonds is 6. The average Bonchev–Trinajstić information content (AvgIpc) is 2.48. The normalized spacial score (nSPS) is 10.5. The highest BCUT2D eigenvalue weighted by Crippen LogP contribution is 2.17. The molecule has 116 valence electrons. The SMILES string of the molecule is Cc1ccc(CCC(=O)NCCc2cccc(Cl)c2)cc1Cl. The molecule has 0 saturated carbocycles. The molecule has 0 heterocycles. The lowest BCUT2D eigenvalue weighted by molar-refractivity contribution is -0.121. The molecule has 0 saturated heterocycles. The van der Waals surface area contributed by atoms with Gasteiger partial charge in [0.15, 0.2) is 0 Å². The first-order chi connectivity index (χ1) is 10.5. The fraction of sp³-hybridized carbons (Fsp3) is 0.278. The van der Waals surface area contributed by atoms with Crippen LogP contribution in [0.1, 0.15) is 23.1 Å². The first-order valence-electron chi connectivity index (χ1n) is 7.31. The maximum Gasteiger partial charge on any atom is 0.220 e. The number of hydrogen-bond donors (Lipinski definition) is 1. The molecule has 1 amide bonds. The number of carbonyl (C=O) groups is 1. The molecule has 0 atom stereocenters. The van der Waals surface area contributed by atoms with Crippen molar-refractivity contribution in [3.63, 3.8) is 0 Å². The van der Waals surface area contributed by atoms with E-state index >= 15 is 0 Å².